The molecule has 3 aromatic carbocycles. The summed E-state index contributed by atoms with van der Waals surface area (Å²) in [5, 5.41) is 9.46. The minimum atomic E-state index is -1.01. The molecule has 1 aliphatic rings. The summed E-state index contributed by atoms with van der Waals surface area (Å²) in [6.07, 6.45) is 1.29. The Bertz CT molecular complexity index is 1760. The monoisotopic (exact) mass is 555 g/mol. The number of aryl methyl sites for hydroxylation is 1. The molecule has 41 heavy (non-hydrogen) atoms. The number of halogens is 2. The lowest BCUT2D eigenvalue weighted by Crippen LogP contribution is -2.31. The Hall–Kier alpha value is -4.63. The largest absolute Gasteiger partial charge is 0.478 e. The van der Waals surface area contributed by atoms with E-state index in [0.717, 1.165) is 12.0 Å². The van der Waals surface area contributed by atoms with Crippen LogP contribution in [0.4, 0.5) is 8.78 Å². The van der Waals surface area contributed by atoms with E-state index in [1.165, 1.54) is 18.2 Å². The van der Waals surface area contributed by atoms with Crippen LogP contribution >= 0.6 is 0 Å². The van der Waals surface area contributed by atoms with E-state index >= 15 is 4.39 Å². The van der Waals surface area contributed by atoms with E-state index < -0.39 is 11.8 Å². The predicted molar refractivity (Wildman–Crippen MR) is 149 cm³/mol. The van der Waals surface area contributed by atoms with Crippen LogP contribution in [0.3, 0.4) is 0 Å². The number of rotatable bonds is 9. The van der Waals surface area contributed by atoms with Gasteiger partial charge in [-0.3, -0.25) is 0 Å². The minimum absolute atomic E-state index is 0.00480. The van der Waals surface area contributed by atoms with Crippen LogP contribution in [-0.2, 0) is 24.3 Å². The molecule has 0 amide bonds. The minimum Gasteiger partial charge on any atom is -0.478 e. The molecule has 5 aromatic rings. The van der Waals surface area contributed by atoms with E-state index in [-0.39, 0.29) is 30.0 Å². The number of imidazole rings is 1. The van der Waals surface area contributed by atoms with Gasteiger partial charge in [-0.15, -0.1) is 0 Å². The fraction of sp³-hybridized carbons (Fsp3) is 0.219. The van der Waals surface area contributed by atoms with Gasteiger partial charge in [-0.25, -0.2) is 23.5 Å². The second-order valence-corrected chi connectivity index (χ2v) is 10.2. The molecule has 0 bridgehead atoms. The zero-order valence-corrected chi connectivity index (χ0v) is 22.3. The molecule has 208 valence electrons. The highest BCUT2D eigenvalue weighted by Crippen LogP contribution is 2.27. The molecule has 7 nitrogen and oxygen atoms in total. The molecule has 0 spiro atoms. The summed E-state index contributed by atoms with van der Waals surface area (Å²) >= 11 is 0. The Kier molecular flexibility index (Phi) is 7.19. The Morgan fingerprint density at radius 2 is 1.90 bits per heavy atom. The smallest absolute Gasteiger partial charge is 0.335 e. The van der Waals surface area contributed by atoms with Gasteiger partial charge in [0.2, 0.25) is 5.88 Å². The molecule has 0 unspecified atom stereocenters. The molecule has 2 aromatic heterocycles. The fourth-order valence-electron chi connectivity index (χ4n) is 4.90. The van der Waals surface area contributed by atoms with E-state index in [9.17, 15) is 14.3 Å². The standard InChI is InChI=1S/C32H27F2N3O4/c1-19-5-7-22(25(33)13-19)18-41-31-4-2-3-27(36-31)24-9-6-20(14-26(24)34)15-30-35-28-10-8-21(32(38)39)16-29(28)37(30)17-23-11-12-40-23/h2-10,13-14,16,23H,11-12,15,17-18H2,1H3,(H,38,39)/t23-/m0/s1. The zero-order chi connectivity index (χ0) is 28.5. The Morgan fingerprint density at radius 1 is 1.05 bits per heavy atom. The molecule has 1 N–H and O–H groups in total. The fourth-order valence-corrected chi connectivity index (χ4v) is 4.90. The van der Waals surface area contributed by atoms with Crippen LogP contribution in [0, 0.1) is 18.6 Å². The second-order valence-electron chi connectivity index (χ2n) is 10.2. The number of pyridine rings is 1. The average molecular weight is 556 g/mol. The van der Waals surface area contributed by atoms with Crippen molar-refractivity contribution in [3.63, 3.8) is 0 Å². The summed E-state index contributed by atoms with van der Waals surface area (Å²) < 4.78 is 42.9. The lowest BCUT2D eigenvalue weighted by Gasteiger charge is -2.27. The summed E-state index contributed by atoms with van der Waals surface area (Å²) in [5.41, 5.74) is 4.20. The number of nitrogens with zero attached hydrogens (tertiary/aromatic N) is 3. The van der Waals surface area contributed by atoms with Crippen molar-refractivity contribution < 1.29 is 28.2 Å². The molecule has 6 rings (SSSR count). The number of hydrogen-bond acceptors (Lipinski definition) is 5. The average Bonchev–Trinajstić information content (AvgIpc) is 3.26. The van der Waals surface area contributed by atoms with E-state index in [1.807, 2.05) is 23.6 Å². The summed E-state index contributed by atoms with van der Waals surface area (Å²) in [7, 11) is 0. The topological polar surface area (TPSA) is 86.5 Å². The third-order valence-electron chi connectivity index (χ3n) is 7.23. The van der Waals surface area contributed by atoms with Gasteiger partial charge in [-0.2, -0.15) is 0 Å². The molecule has 1 atom stereocenters. The van der Waals surface area contributed by atoms with Crippen molar-refractivity contribution in [3.8, 4) is 17.1 Å². The first-order valence-electron chi connectivity index (χ1n) is 13.3. The van der Waals surface area contributed by atoms with Crippen molar-refractivity contribution in [3.05, 3.63) is 113 Å². The normalized spacial score (nSPS) is 14.7. The van der Waals surface area contributed by atoms with Crippen LogP contribution in [-0.4, -0.2) is 38.3 Å². The van der Waals surface area contributed by atoms with Gasteiger partial charge in [0.05, 0.1) is 34.9 Å². The van der Waals surface area contributed by atoms with E-state index in [0.29, 0.717) is 58.8 Å². The third kappa shape index (κ3) is 5.67. The van der Waals surface area contributed by atoms with Gasteiger partial charge in [-0.1, -0.05) is 24.3 Å². The number of carboxylic acids is 1. The molecule has 0 saturated carbocycles. The first-order chi connectivity index (χ1) is 19.8. The molecule has 0 radical (unpaired) electrons. The molecule has 1 fully saturated rings. The number of hydrogen-bond donors (Lipinski definition) is 1. The highest BCUT2D eigenvalue weighted by Gasteiger charge is 2.23. The molecule has 3 heterocycles. The van der Waals surface area contributed by atoms with Crippen molar-refractivity contribution >= 4 is 17.0 Å². The molecule has 0 aliphatic carbocycles. The molecule has 1 saturated heterocycles. The SMILES string of the molecule is Cc1ccc(COc2cccc(-c3ccc(Cc4nc5ccc(C(=O)O)cc5n4C[C@@H]4CCO4)cc3F)n2)c(F)c1. The summed E-state index contributed by atoms with van der Waals surface area (Å²) in [6.45, 7) is 3.06. The van der Waals surface area contributed by atoms with Gasteiger partial charge in [0, 0.05) is 30.2 Å². The number of fused-ring (bicyclic) bond motifs is 1. The van der Waals surface area contributed by atoms with Gasteiger partial charge in [0.25, 0.3) is 0 Å². The Balaban J connectivity index is 1.23. The van der Waals surface area contributed by atoms with Crippen molar-refractivity contribution in [2.75, 3.05) is 6.61 Å². The maximum atomic E-state index is 15.4. The van der Waals surface area contributed by atoms with Crippen LogP contribution < -0.4 is 4.74 Å². The van der Waals surface area contributed by atoms with Gasteiger partial charge in [-0.05, 0) is 66.9 Å². The van der Waals surface area contributed by atoms with Crippen LogP contribution in [0.2, 0.25) is 0 Å². The van der Waals surface area contributed by atoms with Crippen molar-refractivity contribution in [2.45, 2.75) is 39.0 Å². The maximum Gasteiger partial charge on any atom is 0.335 e. The molecule has 9 heteroatoms. The lowest BCUT2D eigenvalue weighted by molar-refractivity contribution is -0.0589. The number of aromatic carboxylic acids is 1. The highest BCUT2D eigenvalue weighted by molar-refractivity contribution is 5.92. The Labute approximate surface area is 235 Å². The molecular formula is C32H27F2N3O4. The van der Waals surface area contributed by atoms with Crippen LogP contribution in [0.25, 0.3) is 22.3 Å². The summed E-state index contributed by atoms with van der Waals surface area (Å²) in [6, 6.07) is 19.8. The molecule has 1 aliphatic heterocycles. The van der Waals surface area contributed by atoms with E-state index in [2.05, 4.69) is 4.98 Å². The quantitative estimate of drug-likeness (QED) is 0.228. The van der Waals surface area contributed by atoms with Gasteiger partial charge < -0.3 is 19.1 Å². The van der Waals surface area contributed by atoms with Gasteiger partial charge in [0.1, 0.15) is 24.1 Å². The van der Waals surface area contributed by atoms with Crippen molar-refractivity contribution in [1.29, 1.82) is 0 Å². The van der Waals surface area contributed by atoms with Crippen LogP contribution in [0.5, 0.6) is 5.88 Å². The first kappa shape index (κ1) is 26.6. The Morgan fingerprint density at radius 3 is 2.63 bits per heavy atom. The first-order valence-corrected chi connectivity index (χ1v) is 13.3. The predicted octanol–water partition coefficient (Wildman–Crippen LogP) is 6.34. The van der Waals surface area contributed by atoms with Gasteiger partial charge in [0.15, 0.2) is 0 Å². The zero-order valence-electron chi connectivity index (χ0n) is 22.3. The summed E-state index contributed by atoms with van der Waals surface area (Å²) in [5.74, 6) is -0.849. The number of aromatic nitrogens is 3. The van der Waals surface area contributed by atoms with Crippen LogP contribution in [0.1, 0.15) is 39.3 Å². The van der Waals surface area contributed by atoms with Crippen molar-refractivity contribution in [1.82, 2.24) is 14.5 Å². The number of ether oxygens (including phenoxy) is 2. The summed E-state index contributed by atoms with van der Waals surface area (Å²) in [4.78, 5) is 20.7. The number of carboxylic acid groups (broad SMARTS) is 1. The lowest BCUT2D eigenvalue weighted by atomic mass is 10.1. The van der Waals surface area contributed by atoms with E-state index in [1.54, 1.807) is 42.5 Å². The second kappa shape index (κ2) is 11.1. The van der Waals surface area contributed by atoms with Crippen LogP contribution in [0.15, 0.2) is 72.8 Å². The maximum absolute atomic E-state index is 15.4. The van der Waals surface area contributed by atoms with Crippen molar-refractivity contribution in [2.24, 2.45) is 0 Å². The number of carbonyl (C=O) groups is 1. The third-order valence-corrected chi connectivity index (χ3v) is 7.23. The molecular weight excluding hydrogens is 528 g/mol. The van der Waals surface area contributed by atoms with Gasteiger partial charge >= 0.3 is 5.97 Å². The number of benzene rings is 3. The highest BCUT2D eigenvalue weighted by atomic mass is 19.1. The van der Waals surface area contributed by atoms with E-state index in [4.69, 9.17) is 14.5 Å².